The molecule has 1 atom stereocenters. The van der Waals surface area contributed by atoms with Crippen LogP contribution < -0.4 is 5.48 Å². The molecule has 0 aliphatic carbocycles. The molecule has 1 rings (SSSR count). The van der Waals surface area contributed by atoms with E-state index < -0.39 is 18.2 Å². The van der Waals surface area contributed by atoms with Gasteiger partial charge < -0.3 is 9.47 Å². The Morgan fingerprint density at radius 3 is 2.40 bits per heavy atom. The predicted octanol–water partition coefficient (Wildman–Crippen LogP) is 2.04. The minimum Gasteiger partial charge on any atom is -0.467 e. The summed E-state index contributed by atoms with van der Waals surface area (Å²) >= 11 is 0. The van der Waals surface area contributed by atoms with Gasteiger partial charge in [-0.2, -0.15) is 5.48 Å². The van der Waals surface area contributed by atoms with Crippen molar-refractivity contribution in [1.82, 2.24) is 5.48 Å². The van der Waals surface area contributed by atoms with Crippen molar-refractivity contribution in [3.8, 4) is 0 Å². The van der Waals surface area contributed by atoms with Gasteiger partial charge in [0.1, 0.15) is 6.61 Å². The number of amides is 1. The summed E-state index contributed by atoms with van der Waals surface area (Å²) in [4.78, 5) is 27.9. The number of hydrogen-bond acceptors (Lipinski definition) is 5. The summed E-state index contributed by atoms with van der Waals surface area (Å²) in [5, 5.41) is 0. The lowest BCUT2D eigenvalue weighted by molar-refractivity contribution is -0.162. The first-order valence-electron chi connectivity index (χ1n) is 6.24. The Kier molecular flexibility index (Phi) is 6.52. The van der Waals surface area contributed by atoms with E-state index in [2.05, 4.69) is 10.2 Å². The number of nitrogens with one attached hydrogen (secondary N) is 1. The number of esters is 1. The number of benzene rings is 1. The Morgan fingerprint density at radius 2 is 1.85 bits per heavy atom. The van der Waals surface area contributed by atoms with Gasteiger partial charge in [0, 0.05) is 0 Å². The topological polar surface area (TPSA) is 73.9 Å². The second kappa shape index (κ2) is 8.16. The van der Waals surface area contributed by atoms with Crippen LogP contribution >= 0.6 is 0 Å². The number of carbonyl (C=O) groups is 2. The standard InChI is InChI=1S/C14H19NO5/c1-10(2)12(13(16)18-3)20-15-14(17)19-9-11-7-5-4-6-8-11/h4-8,10,12H,9H2,1-3H3,(H,15,17)/t12-/m1/s1. The van der Waals surface area contributed by atoms with Gasteiger partial charge in [0.05, 0.1) is 7.11 Å². The van der Waals surface area contributed by atoms with Crippen molar-refractivity contribution in [1.29, 1.82) is 0 Å². The molecule has 0 aliphatic rings. The van der Waals surface area contributed by atoms with E-state index in [-0.39, 0.29) is 12.5 Å². The van der Waals surface area contributed by atoms with Crippen LogP contribution in [0.25, 0.3) is 0 Å². The fraction of sp³-hybridized carbons (Fsp3) is 0.429. The zero-order valence-electron chi connectivity index (χ0n) is 11.8. The molecule has 1 N–H and O–H groups in total. The van der Waals surface area contributed by atoms with Crippen molar-refractivity contribution in [2.75, 3.05) is 7.11 Å². The molecule has 1 amide bonds. The summed E-state index contributed by atoms with van der Waals surface area (Å²) in [5.74, 6) is -0.694. The van der Waals surface area contributed by atoms with Crippen molar-refractivity contribution in [2.45, 2.75) is 26.6 Å². The molecule has 1 aromatic carbocycles. The average molecular weight is 281 g/mol. The minimum atomic E-state index is -0.871. The Morgan fingerprint density at radius 1 is 1.20 bits per heavy atom. The number of methoxy groups -OCH3 is 1. The Labute approximate surface area is 118 Å². The number of hydrogen-bond donors (Lipinski definition) is 1. The van der Waals surface area contributed by atoms with Crippen molar-refractivity contribution in [3.05, 3.63) is 35.9 Å². The van der Waals surface area contributed by atoms with Crippen LogP contribution in [0.4, 0.5) is 4.79 Å². The molecule has 0 fully saturated rings. The van der Waals surface area contributed by atoms with Gasteiger partial charge in [0.2, 0.25) is 0 Å². The molecule has 0 bridgehead atoms. The first-order chi connectivity index (χ1) is 9.54. The zero-order valence-corrected chi connectivity index (χ0v) is 11.8. The van der Waals surface area contributed by atoms with Gasteiger partial charge in [-0.25, -0.2) is 9.59 Å². The number of ether oxygens (including phenoxy) is 2. The van der Waals surface area contributed by atoms with Crippen molar-refractivity contribution < 1.29 is 23.9 Å². The molecule has 0 spiro atoms. The zero-order chi connectivity index (χ0) is 15.0. The summed E-state index contributed by atoms with van der Waals surface area (Å²) in [7, 11) is 1.26. The summed E-state index contributed by atoms with van der Waals surface area (Å²) in [6.45, 7) is 3.68. The minimum absolute atomic E-state index is 0.126. The van der Waals surface area contributed by atoms with Gasteiger partial charge in [-0.05, 0) is 11.5 Å². The summed E-state index contributed by atoms with van der Waals surface area (Å²) in [6.07, 6.45) is -1.63. The van der Waals surface area contributed by atoms with Gasteiger partial charge in [0.25, 0.3) is 0 Å². The highest BCUT2D eigenvalue weighted by Gasteiger charge is 2.25. The van der Waals surface area contributed by atoms with Crippen molar-refractivity contribution >= 4 is 12.1 Å². The fourth-order valence-corrected chi connectivity index (χ4v) is 1.44. The summed E-state index contributed by atoms with van der Waals surface area (Å²) in [6, 6.07) is 9.23. The van der Waals surface area contributed by atoms with Crippen molar-refractivity contribution in [3.63, 3.8) is 0 Å². The highest BCUT2D eigenvalue weighted by molar-refractivity contribution is 5.75. The average Bonchev–Trinajstić information content (AvgIpc) is 2.45. The van der Waals surface area contributed by atoms with E-state index in [1.807, 2.05) is 30.3 Å². The molecule has 0 aliphatic heterocycles. The Hall–Kier alpha value is -2.08. The molecule has 6 heteroatoms. The molecule has 0 heterocycles. The maximum atomic E-state index is 11.4. The SMILES string of the molecule is COC(=O)[C@H](ONC(=O)OCc1ccccc1)C(C)C. The van der Waals surface area contributed by atoms with Crippen LogP contribution in [0.3, 0.4) is 0 Å². The number of carbonyl (C=O) groups excluding carboxylic acids is 2. The molecule has 0 unspecified atom stereocenters. The van der Waals surface area contributed by atoms with E-state index in [0.717, 1.165) is 5.56 Å². The molecular formula is C14H19NO5. The fourth-order valence-electron chi connectivity index (χ4n) is 1.44. The van der Waals surface area contributed by atoms with Crippen LogP contribution in [0.2, 0.25) is 0 Å². The third-order valence-electron chi connectivity index (χ3n) is 2.52. The largest absolute Gasteiger partial charge is 0.467 e. The van der Waals surface area contributed by atoms with E-state index in [4.69, 9.17) is 9.57 Å². The summed E-state index contributed by atoms with van der Waals surface area (Å²) in [5.41, 5.74) is 2.95. The predicted molar refractivity (Wildman–Crippen MR) is 71.5 cm³/mol. The Balaban J connectivity index is 2.36. The third-order valence-corrected chi connectivity index (χ3v) is 2.52. The van der Waals surface area contributed by atoms with Crippen molar-refractivity contribution in [2.24, 2.45) is 5.92 Å². The van der Waals surface area contributed by atoms with Gasteiger partial charge in [0.15, 0.2) is 6.10 Å². The molecule has 0 saturated carbocycles. The lowest BCUT2D eigenvalue weighted by Crippen LogP contribution is -2.38. The van der Waals surface area contributed by atoms with Crippen LogP contribution in [0.15, 0.2) is 30.3 Å². The van der Waals surface area contributed by atoms with E-state index in [9.17, 15) is 9.59 Å². The molecule has 0 radical (unpaired) electrons. The first kappa shape index (κ1) is 16.0. The van der Waals surface area contributed by atoms with Crippen LogP contribution in [-0.2, 0) is 25.7 Å². The van der Waals surface area contributed by atoms with E-state index in [1.165, 1.54) is 7.11 Å². The Bertz CT molecular complexity index is 432. The smallest absolute Gasteiger partial charge is 0.431 e. The molecule has 0 saturated heterocycles. The van der Waals surface area contributed by atoms with E-state index in [0.29, 0.717) is 0 Å². The lowest BCUT2D eigenvalue weighted by atomic mass is 10.1. The normalized spacial score (nSPS) is 11.8. The molecule has 6 nitrogen and oxygen atoms in total. The van der Waals surface area contributed by atoms with Crippen LogP contribution in [0.1, 0.15) is 19.4 Å². The maximum absolute atomic E-state index is 11.4. The number of rotatable bonds is 6. The van der Waals surface area contributed by atoms with Crippen LogP contribution in [-0.4, -0.2) is 25.3 Å². The van der Waals surface area contributed by atoms with E-state index in [1.54, 1.807) is 13.8 Å². The molecule has 20 heavy (non-hydrogen) atoms. The maximum Gasteiger partial charge on any atom is 0.431 e. The van der Waals surface area contributed by atoms with Crippen LogP contribution in [0.5, 0.6) is 0 Å². The highest BCUT2D eigenvalue weighted by atomic mass is 16.7. The molecule has 110 valence electrons. The number of hydroxylamine groups is 1. The van der Waals surface area contributed by atoms with Gasteiger partial charge >= 0.3 is 12.1 Å². The molecular weight excluding hydrogens is 262 g/mol. The lowest BCUT2D eigenvalue weighted by Gasteiger charge is -2.18. The van der Waals surface area contributed by atoms with Gasteiger partial charge in [-0.15, -0.1) is 0 Å². The highest BCUT2D eigenvalue weighted by Crippen LogP contribution is 2.07. The molecule has 1 aromatic rings. The van der Waals surface area contributed by atoms with Gasteiger partial charge in [-0.1, -0.05) is 44.2 Å². The van der Waals surface area contributed by atoms with Gasteiger partial charge in [-0.3, -0.25) is 4.84 Å². The first-order valence-corrected chi connectivity index (χ1v) is 6.24. The van der Waals surface area contributed by atoms with Crippen LogP contribution in [0, 0.1) is 5.92 Å². The second-order valence-electron chi connectivity index (χ2n) is 4.47. The third kappa shape index (κ3) is 5.27. The monoisotopic (exact) mass is 281 g/mol. The quantitative estimate of drug-likeness (QED) is 0.638. The summed E-state index contributed by atoms with van der Waals surface area (Å²) < 4.78 is 9.52. The van der Waals surface area contributed by atoms with E-state index >= 15 is 0 Å². The molecule has 0 aromatic heterocycles. The second-order valence-corrected chi connectivity index (χ2v) is 4.47.